The van der Waals surface area contributed by atoms with Crippen LogP contribution in [0.5, 0.6) is 0 Å². The van der Waals surface area contributed by atoms with E-state index in [1.165, 1.54) is 6.08 Å². The molecular formula is C14H16ClNO4S. The van der Waals surface area contributed by atoms with Gasteiger partial charge in [0.05, 0.1) is 22.2 Å². The number of hydrogen-bond donors (Lipinski definition) is 1. The van der Waals surface area contributed by atoms with Crippen molar-refractivity contribution in [2.24, 2.45) is 0 Å². The van der Waals surface area contributed by atoms with E-state index in [2.05, 4.69) is 0 Å². The van der Waals surface area contributed by atoms with Crippen LogP contribution in [-0.4, -0.2) is 44.1 Å². The number of carboxylic acid groups (broad SMARTS) is 1. The predicted octanol–water partition coefficient (Wildman–Crippen LogP) is 2.06. The Morgan fingerprint density at radius 3 is 2.71 bits per heavy atom. The third kappa shape index (κ3) is 3.98. The molecule has 1 aliphatic heterocycles. The molecule has 1 aromatic rings. The van der Waals surface area contributed by atoms with Crippen LogP contribution in [0, 0.1) is 0 Å². The second-order valence-corrected chi connectivity index (χ2v) is 7.69. The normalized spacial score (nSPS) is 20.8. The van der Waals surface area contributed by atoms with Crippen LogP contribution in [0.2, 0.25) is 5.02 Å². The molecule has 0 saturated carbocycles. The fraction of sp³-hybridized carbons (Fsp3) is 0.357. The zero-order valence-electron chi connectivity index (χ0n) is 11.5. The van der Waals surface area contributed by atoms with Gasteiger partial charge in [0.15, 0.2) is 9.84 Å². The molecule has 0 spiro atoms. The SMILES string of the molecule is CN(c1ccc(/C=C/C(=O)O)cc1Cl)C1CCS(=O)(=O)C1. The molecule has 0 aliphatic carbocycles. The van der Waals surface area contributed by atoms with Crippen molar-refractivity contribution in [2.45, 2.75) is 12.5 Å². The fourth-order valence-electron chi connectivity index (χ4n) is 2.36. The van der Waals surface area contributed by atoms with Gasteiger partial charge in [-0.3, -0.25) is 0 Å². The highest BCUT2D eigenvalue weighted by Crippen LogP contribution is 2.30. The highest BCUT2D eigenvalue weighted by atomic mass is 35.5. The number of hydrogen-bond acceptors (Lipinski definition) is 4. The van der Waals surface area contributed by atoms with Gasteiger partial charge in [0.1, 0.15) is 0 Å². The standard InChI is InChI=1S/C14H16ClNO4S/c1-16(11-6-7-21(19,20)9-11)13-4-2-10(8-12(13)15)3-5-14(17)18/h2-5,8,11H,6-7,9H2,1H3,(H,17,18)/b5-3+. The molecule has 21 heavy (non-hydrogen) atoms. The van der Waals surface area contributed by atoms with Crippen LogP contribution in [0.4, 0.5) is 5.69 Å². The largest absolute Gasteiger partial charge is 0.478 e. The Kier molecular flexibility index (Phi) is 4.58. The lowest BCUT2D eigenvalue weighted by atomic mass is 10.1. The molecule has 1 heterocycles. The molecule has 0 amide bonds. The minimum atomic E-state index is -2.95. The molecule has 1 saturated heterocycles. The number of sulfone groups is 1. The Labute approximate surface area is 128 Å². The van der Waals surface area contributed by atoms with Gasteiger partial charge < -0.3 is 10.0 Å². The maximum absolute atomic E-state index is 11.5. The van der Waals surface area contributed by atoms with Gasteiger partial charge in [-0.25, -0.2) is 13.2 Å². The number of nitrogens with zero attached hydrogens (tertiary/aromatic N) is 1. The first-order valence-electron chi connectivity index (χ1n) is 6.42. The van der Waals surface area contributed by atoms with Crippen molar-refractivity contribution in [1.29, 1.82) is 0 Å². The molecule has 1 aromatic carbocycles. The van der Waals surface area contributed by atoms with E-state index in [9.17, 15) is 13.2 Å². The number of halogens is 1. The summed E-state index contributed by atoms with van der Waals surface area (Å²) in [4.78, 5) is 12.4. The Bertz CT molecular complexity index is 684. The Hall–Kier alpha value is -1.53. The summed E-state index contributed by atoms with van der Waals surface area (Å²) < 4.78 is 23.1. The van der Waals surface area contributed by atoms with Gasteiger partial charge in [0.2, 0.25) is 0 Å². The summed E-state index contributed by atoms with van der Waals surface area (Å²) in [5.74, 6) is -0.678. The molecular weight excluding hydrogens is 314 g/mol. The lowest BCUT2D eigenvalue weighted by molar-refractivity contribution is -0.131. The molecule has 0 aromatic heterocycles. The minimum Gasteiger partial charge on any atom is -0.478 e. The molecule has 114 valence electrons. The molecule has 1 fully saturated rings. The maximum atomic E-state index is 11.5. The van der Waals surface area contributed by atoms with E-state index in [1.54, 1.807) is 18.2 Å². The predicted molar refractivity (Wildman–Crippen MR) is 83.6 cm³/mol. The summed E-state index contributed by atoms with van der Waals surface area (Å²) in [6.07, 6.45) is 3.09. The summed E-state index contributed by atoms with van der Waals surface area (Å²) in [6, 6.07) is 5.11. The second kappa shape index (κ2) is 6.07. The van der Waals surface area contributed by atoms with Gasteiger partial charge in [-0.05, 0) is 30.2 Å². The van der Waals surface area contributed by atoms with Crippen LogP contribution >= 0.6 is 11.6 Å². The minimum absolute atomic E-state index is 0.0760. The van der Waals surface area contributed by atoms with Crippen molar-refractivity contribution in [3.8, 4) is 0 Å². The van der Waals surface area contributed by atoms with Crippen LogP contribution in [0.1, 0.15) is 12.0 Å². The van der Waals surface area contributed by atoms with E-state index >= 15 is 0 Å². The van der Waals surface area contributed by atoms with Crippen LogP contribution in [0.3, 0.4) is 0 Å². The Morgan fingerprint density at radius 2 is 2.19 bits per heavy atom. The number of aliphatic carboxylic acids is 1. The highest BCUT2D eigenvalue weighted by Gasteiger charge is 2.31. The first kappa shape index (κ1) is 15.9. The van der Waals surface area contributed by atoms with E-state index in [0.29, 0.717) is 17.0 Å². The van der Waals surface area contributed by atoms with Gasteiger partial charge in [-0.15, -0.1) is 0 Å². The summed E-state index contributed by atoms with van der Waals surface area (Å²) in [5.41, 5.74) is 1.42. The van der Waals surface area contributed by atoms with Crippen molar-refractivity contribution in [2.75, 3.05) is 23.5 Å². The lowest BCUT2D eigenvalue weighted by Crippen LogP contribution is -2.32. The molecule has 1 N–H and O–H groups in total. The highest BCUT2D eigenvalue weighted by molar-refractivity contribution is 7.91. The van der Waals surface area contributed by atoms with Gasteiger partial charge in [-0.2, -0.15) is 0 Å². The smallest absolute Gasteiger partial charge is 0.328 e. The quantitative estimate of drug-likeness (QED) is 0.856. The van der Waals surface area contributed by atoms with E-state index < -0.39 is 15.8 Å². The molecule has 0 bridgehead atoms. The monoisotopic (exact) mass is 329 g/mol. The number of benzene rings is 1. The summed E-state index contributed by atoms with van der Waals surface area (Å²) >= 11 is 6.22. The van der Waals surface area contributed by atoms with Gasteiger partial charge in [0, 0.05) is 19.2 Å². The van der Waals surface area contributed by atoms with Gasteiger partial charge >= 0.3 is 5.97 Å². The van der Waals surface area contributed by atoms with Crippen molar-refractivity contribution < 1.29 is 18.3 Å². The molecule has 0 radical (unpaired) electrons. The lowest BCUT2D eigenvalue weighted by Gasteiger charge is -2.26. The average Bonchev–Trinajstić information content (AvgIpc) is 2.76. The van der Waals surface area contributed by atoms with E-state index in [4.69, 9.17) is 16.7 Å². The third-order valence-electron chi connectivity index (χ3n) is 3.53. The van der Waals surface area contributed by atoms with Crippen molar-refractivity contribution in [1.82, 2.24) is 0 Å². The van der Waals surface area contributed by atoms with E-state index in [-0.39, 0.29) is 17.5 Å². The van der Waals surface area contributed by atoms with Crippen molar-refractivity contribution in [3.63, 3.8) is 0 Å². The number of carbonyl (C=O) groups is 1. The molecule has 7 heteroatoms. The average molecular weight is 330 g/mol. The summed E-state index contributed by atoms with van der Waals surface area (Å²) in [7, 11) is -1.13. The Balaban J connectivity index is 2.19. The van der Waals surface area contributed by atoms with Gasteiger partial charge in [0.25, 0.3) is 0 Å². The van der Waals surface area contributed by atoms with Crippen LogP contribution in [0.15, 0.2) is 24.3 Å². The summed E-state index contributed by atoms with van der Waals surface area (Å²) in [6.45, 7) is 0. The summed E-state index contributed by atoms with van der Waals surface area (Å²) in [5, 5.41) is 9.06. The first-order valence-corrected chi connectivity index (χ1v) is 8.62. The number of rotatable bonds is 4. The molecule has 1 atom stereocenters. The van der Waals surface area contributed by atoms with Crippen LogP contribution < -0.4 is 4.90 Å². The molecule has 2 rings (SSSR count). The van der Waals surface area contributed by atoms with Crippen LogP contribution in [0.25, 0.3) is 6.08 Å². The maximum Gasteiger partial charge on any atom is 0.328 e. The molecule has 1 unspecified atom stereocenters. The first-order chi connectivity index (χ1) is 9.78. The topological polar surface area (TPSA) is 74.7 Å². The zero-order valence-corrected chi connectivity index (χ0v) is 13.1. The van der Waals surface area contributed by atoms with Crippen molar-refractivity contribution in [3.05, 3.63) is 34.9 Å². The molecule has 5 nitrogen and oxygen atoms in total. The molecule has 1 aliphatic rings. The number of carboxylic acids is 1. The van der Waals surface area contributed by atoms with E-state index in [1.807, 2.05) is 11.9 Å². The van der Waals surface area contributed by atoms with Gasteiger partial charge in [-0.1, -0.05) is 17.7 Å². The van der Waals surface area contributed by atoms with Crippen LogP contribution in [-0.2, 0) is 14.6 Å². The number of anilines is 1. The third-order valence-corrected chi connectivity index (χ3v) is 5.58. The van der Waals surface area contributed by atoms with Crippen molar-refractivity contribution >= 4 is 39.2 Å². The Morgan fingerprint density at radius 1 is 1.48 bits per heavy atom. The zero-order chi connectivity index (χ0) is 15.6. The second-order valence-electron chi connectivity index (χ2n) is 5.05. The van der Waals surface area contributed by atoms with E-state index in [0.717, 1.165) is 11.8 Å². The fourth-order valence-corrected chi connectivity index (χ4v) is 4.45.